The zero-order chi connectivity index (χ0) is 14.1. The van der Waals surface area contributed by atoms with E-state index in [1.54, 1.807) is 0 Å². The van der Waals surface area contributed by atoms with Crippen molar-refractivity contribution in [3.05, 3.63) is 33.8 Å². The number of benzene rings is 1. The Balaban J connectivity index is 1.85. The minimum atomic E-state index is 0.000370. The van der Waals surface area contributed by atoms with Gasteiger partial charge in [-0.3, -0.25) is 4.99 Å². The Hall–Kier alpha value is -0.970. The van der Waals surface area contributed by atoms with Gasteiger partial charge in [-0.2, -0.15) is 0 Å². The molecule has 2 atom stereocenters. The zero-order valence-electron chi connectivity index (χ0n) is 11.1. The van der Waals surface area contributed by atoms with Crippen molar-refractivity contribution < 1.29 is 4.74 Å². The van der Waals surface area contributed by atoms with Crippen LogP contribution < -0.4 is 5.73 Å². The van der Waals surface area contributed by atoms with E-state index in [0.29, 0.717) is 22.5 Å². The van der Waals surface area contributed by atoms with Crippen LogP contribution in [0, 0.1) is 0 Å². The van der Waals surface area contributed by atoms with Gasteiger partial charge in [0.05, 0.1) is 18.7 Å². The van der Waals surface area contributed by atoms with Crippen LogP contribution in [-0.4, -0.2) is 36.7 Å². The molecule has 20 heavy (non-hydrogen) atoms. The highest BCUT2D eigenvalue weighted by Crippen LogP contribution is 2.36. The lowest BCUT2D eigenvalue weighted by Crippen LogP contribution is -2.41. The summed E-state index contributed by atoms with van der Waals surface area (Å²) in [5, 5.41) is 1.31. The van der Waals surface area contributed by atoms with Crippen LogP contribution in [0.15, 0.2) is 23.2 Å². The molecule has 1 aromatic rings. The van der Waals surface area contributed by atoms with Crippen molar-refractivity contribution >= 4 is 29.2 Å². The van der Waals surface area contributed by atoms with Gasteiger partial charge in [0.25, 0.3) is 0 Å². The van der Waals surface area contributed by atoms with Gasteiger partial charge in [0, 0.05) is 28.8 Å². The topological polar surface area (TPSA) is 50.8 Å². The molecule has 0 spiro atoms. The summed E-state index contributed by atoms with van der Waals surface area (Å²) in [6.07, 6.45) is 2.38. The first-order valence-electron chi connectivity index (χ1n) is 6.79. The van der Waals surface area contributed by atoms with E-state index in [-0.39, 0.29) is 12.1 Å². The van der Waals surface area contributed by atoms with Crippen molar-refractivity contribution in [1.82, 2.24) is 4.90 Å². The van der Waals surface area contributed by atoms with Gasteiger partial charge in [0.2, 0.25) is 0 Å². The van der Waals surface area contributed by atoms with Crippen molar-refractivity contribution in [3.63, 3.8) is 0 Å². The Labute approximate surface area is 128 Å². The summed E-state index contributed by atoms with van der Waals surface area (Å²) in [5.74, 6) is 0.543. The van der Waals surface area contributed by atoms with Gasteiger partial charge in [-0.25, -0.2) is 0 Å². The number of aliphatic imine (C=N–C) groups is 1. The summed E-state index contributed by atoms with van der Waals surface area (Å²) in [6, 6.07) is 5.54. The van der Waals surface area contributed by atoms with Gasteiger partial charge in [-0.05, 0) is 25.0 Å². The molecule has 1 saturated heterocycles. The molecule has 0 saturated carbocycles. The van der Waals surface area contributed by atoms with Gasteiger partial charge in [-0.1, -0.05) is 29.3 Å². The molecule has 2 N–H and O–H groups in total. The first kappa shape index (κ1) is 14.0. The first-order chi connectivity index (χ1) is 9.66. The van der Waals surface area contributed by atoms with Gasteiger partial charge >= 0.3 is 0 Å². The molecule has 3 rings (SSSR count). The van der Waals surface area contributed by atoms with Crippen molar-refractivity contribution in [2.75, 3.05) is 19.7 Å². The second-order valence-electron chi connectivity index (χ2n) is 5.14. The summed E-state index contributed by atoms with van der Waals surface area (Å²) >= 11 is 12.6. The standard InChI is InChI=1S/C14H17Cl2N3O/c15-10-4-1-5-11(16)13(10)12-7-18-14(17)19(12)8-9-3-2-6-20-9/h1,4-5,9,12H,2-3,6-8H2,(H2,17,18). The van der Waals surface area contributed by atoms with E-state index in [0.717, 1.165) is 31.6 Å². The Morgan fingerprint density at radius 3 is 2.75 bits per heavy atom. The first-order valence-corrected chi connectivity index (χ1v) is 7.54. The van der Waals surface area contributed by atoms with Crippen LogP contribution in [0.25, 0.3) is 0 Å². The third-order valence-electron chi connectivity index (χ3n) is 3.85. The molecule has 2 heterocycles. The monoisotopic (exact) mass is 313 g/mol. The molecule has 2 unspecified atom stereocenters. The molecule has 2 aliphatic rings. The average Bonchev–Trinajstić information content (AvgIpc) is 3.03. The number of nitrogens with zero attached hydrogens (tertiary/aromatic N) is 2. The maximum Gasteiger partial charge on any atom is 0.192 e. The van der Waals surface area contributed by atoms with Crippen LogP contribution in [0.3, 0.4) is 0 Å². The van der Waals surface area contributed by atoms with Crippen LogP contribution >= 0.6 is 23.2 Å². The van der Waals surface area contributed by atoms with E-state index in [1.165, 1.54) is 0 Å². The summed E-state index contributed by atoms with van der Waals surface area (Å²) in [4.78, 5) is 6.41. The highest BCUT2D eigenvalue weighted by atomic mass is 35.5. The van der Waals surface area contributed by atoms with Crippen molar-refractivity contribution in [2.24, 2.45) is 10.7 Å². The summed E-state index contributed by atoms with van der Waals surface area (Å²) in [5.41, 5.74) is 6.92. The highest BCUT2D eigenvalue weighted by molar-refractivity contribution is 6.36. The van der Waals surface area contributed by atoms with E-state index >= 15 is 0 Å². The number of ether oxygens (including phenoxy) is 1. The van der Waals surface area contributed by atoms with E-state index in [4.69, 9.17) is 33.7 Å². The molecule has 1 aromatic carbocycles. The Bertz CT molecular complexity index is 509. The molecule has 4 nitrogen and oxygen atoms in total. The lowest BCUT2D eigenvalue weighted by Gasteiger charge is -2.29. The summed E-state index contributed by atoms with van der Waals surface area (Å²) in [6.45, 7) is 2.15. The molecule has 0 aliphatic carbocycles. The fourth-order valence-corrected chi connectivity index (χ4v) is 3.48. The van der Waals surface area contributed by atoms with Gasteiger partial charge in [0.15, 0.2) is 5.96 Å². The quantitative estimate of drug-likeness (QED) is 0.933. The molecule has 2 aliphatic heterocycles. The molecule has 0 amide bonds. The largest absolute Gasteiger partial charge is 0.376 e. The number of nitrogens with two attached hydrogens (primary N) is 1. The maximum atomic E-state index is 6.31. The average molecular weight is 314 g/mol. The zero-order valence-corrected chi connectivity index (χ0v) is 12.6. The van der Waals surface area contributed by atoms with Crippen molar-refractivity contribution in [3.8, 4) is 0 Å². The third-order valence-corrected chi connectivity index (χ3v) is 4.51. The molecule has 0 aromatic heterocycles. The second kappa shape index (κ2) is 5.80. The molecule has 108 valence electrons. The Morgan fingerprint density at radius 2 is 2.10 bits per heavy atom. The predicted molar refractivity (Wildman–Crippen MR) is 81.4 cm³/mol. The molecule has 0 radical (unpaired) electrons. The number of halogens is 2. The number of hydrogen-bond donors (Lipinski definition) is 1. The van der Waals surface area contributed by atoms with E-state index < -0.39 is 0 Å². The van der Waals surface area contributed by atoms with Crippen LogP contribution in [0.1, 0.15) is 24.4 Å². The maximum absolute atomic E-state index is 6.31. The minimum Gasteiger partial charge on any atom is -0.376 e. The minimum absolute atomic E-state index is 0.000370. The van der Waals surface area contributed by atoms with Gasteiger partial charge < -0.3 is 15.4 Å². The van der Waals surface area contributed by atoms with Crippen LogP contribution in [-0.2, 0) is 4.74 Å². The number of hydrogen-bond acceptors (Lipinski definition) is 4. The van der Waals surface area contributed by atoms with Gasteiger partial charge in [-0.15, -0.1) is 0 Å². The second-order valence-corrected chi connectivity index (χ2v) is 5.95. The molecule has 0 bridgehead atoms. The number of rotatable bonds is 3. The lowest BCUT2D eigenvalue weighted by atomic mass is 10.1. The van der Waals surface area contributed by atoms with E-state index in [1.807, 2.05) is 18.2 Å². The van der Waals surface area contributed by atoms with Crippen LogP contribution in [0.2, 0.25) is 10.0 Å². The smallest absolute Gasteiger partial charge is 0.192 e. The number of guanidine groups is 1. The highest BCUT2D eigenvalue weighted by Gasteiger charge is 2.33. The summed E-state index contributed by atoms with van der Waals surface area (Å²) in [7, 11) is 0. The lowest BCUT2D eigenvalue weighted by molar-refractivity contribution is 0.0853. The van der Waals surface area contributed by atoms with E-state index in [2.05, 4.69) is 9.89 Å². The molecular weight excluding hydrogens is 297 g/mol. The fourth-order valence-electron chi connectivity index (χ4n) is 2.83. The predicted octanol–water partition coefficient (Wildman–Crippen LogP) is 2.84. The van der Waals surface area contributed by atoms with Crippen LogP contribution in [0.4, 0.5) is 0 Å². The Kier molecular flexibility index (Phi) is 4.06. The van der Waals surface area contributed by atoms with Crippen LogP contribution in [0.5, 0.6) is 0 Å². The SMILES string of the molecule is NC1=NCC(c2c(Cl)cccc2Cl)N1CC1CCCO1. The molecular formula is C14H17Cl2N3O. The van der Waals surface area contributed by atoms with Crippen molar-refractivity contribution in [1.29, 1.82) is 0 Å². The Morgan fingerprint density at radius 1 is 1.35 bits per heavy atom. The van der Waals surface area contributed by atoms with Crippen molar-refractivity contribution in [2.45, 2.75) is 25.0 Å². The molecule has 1 fully saturated rings. The normalized spacial score (nSPS) is 26.1. The van der Waals surface area contributed by atoms with Gasteiger partial charge in [0.1, 0.15) is 0 Å². The van der Waals surface area contributed by atoms with E-state index in [9.17, 15) is 0 Å². The fraction of sp³-hybridized carbons (Fsp3) is 0.500. The third kappa shape index (κ3) is 2.60. The summed E-state index contributed by atoms with van der Waals surface area (Å²) < 4.78 is 5.69. The molecule has 6 heteroatoms.